The van der Waals surface area contributed by atoms with Crippen molar-refractivity contribution in [3.05, 3.63) is 35.4 Å². The Morgan fingerprint density at radius 1 is 1.12 bits per heavy atom. The molecular formula is C11H15N3O2. The molecule has 0 aliphatic heterocycles. The van der Waals surface area contributed by atoms with E-state index < -0.39 is 0 Å². The standard InChI is InChI=1S/C11H15N3O2/c1-12-7-14-11(16)9-5-3-4-8(6-9)10(15)13-2/h3-6,12H,7H2,1-2H3,(H,13,15)(H,14,16). The van der Waals surface area contributed by atoms with E-state index in [1.54, 1.807) is 38.4 Å². The van der Waals surface area contributed by atoms with Gasteiger partial charge in [-0.05, 0) is 25.2 Å². The van der Waals surface area contributed by atoms with Gasteiger partial charge < -0.3 is 16.0 Å². The largest absolute Gasteiger partial charge is 0.355 e. The minimum atomic E-state index is -0.208. The van der Waals surface area contributed by atoms with Crippen molar-refractivity contribution in [3.8, 4) is 0 Å². The third-order valence-corrected chi connectivity index (χ3v) is 2.04. The highest BCUT2D eigenvalue weighted by molar-refractivity contribution is 5.99. The lowest BCUT2D eigenvalue weighted by molar-refractivity contribution is 0.0951. The Balaban J connectivity index is 2.81. The van der Waals surface area contributed by atoms with Crippen molar-refractivity contribution in [2.45, 2.75) is 0 Å². The Morgan fingerprint density at radius 2 is 1.75 bits per heavy atom. The van der Waals surface area contributed by atoms with Gasteiger partial charge in [0.05, 0.1) is 6.67 Å². The molecule has 0 atom stereocenters. The number of nitrogens with one attached hydrogen (secondary N) is 3. The second-order valence-corrected chi connectivity index (χ2v) is 3.20. The summed E-state index contributed by atoms with van der Waals surface area (Å²) in [6.07, 6.45) is 0. The van der Waals surface area contributed by atoms with Crippen LogP contribution in [0, 0.1) is 0 Å². The Labute approximate surface area is 94.2 Å². The Kier molecular flexibility index (Phi) is 4.47. The first-order valence-electron chi connectivity index (χ1n) is 4.94. The number of hydrogen-bond acceptors (Lipinski definition) is 3. The molecule has 0 saturated carbocycles. The molecule has 1 aromatic rings. The number of amides is 2. The van der Waals surface area contributed by atoms with E-state index in [9.17, 15) is 9.59 Å². The molecule has 3 N–H and O–H groups in total. The molecular weight excluding hydrogens is 206 g/mol. The molecule has 0 heterocycles. The Bertz CT molecular complexity index is 391. The van der Waals surface area contributed by atoms with Gasteiger partial charge in [0, 0.05) is 18.2 Å². The van der Waals surface area contributed by atoms with Crippen molar-refractivity contribution < 1.29 is 9.59 Å². The van der Waals surface area contributed by atoms with Gasteiger partial charge in [-0.3, -0.25) is 9.59 Å². The van der Waals surface area contributed by atoms with Crippen LogP contribution in [0.5, 0.6) is 0 Å². The van der Waals surface area contributed by atoms with Crippen LogP contribution in [0.25, 0.3) is 0 Å². The van der Waals surface area contributed by atoms with Gasteiger partial charge >= 0.3 is 0 Å². The van der Waals surface area contributed by atoms with Gasteiger partial charge in [-0.2, -0.15) is 0 Å². The molecule has 1 aromatic carbocycles. The van der Waals surface area contributed by atoms with Gasteiger partial charge in [-0.25, -0.2) is 0 Å². The zero-order valence-corrected chi connectivity index (χ0v) is 9.33. The molecule has 5 nitrogen and oxygen atoms in total. The molecule has 16 heavy (non-hydrogen) atoms. The lowest BCUT2D eigenvalue weighted by atomic mass is 10.1. The maximum Gasteiger partial charge on any atom is 0.252 e. The van der Waals surface area contributed by atoms with Crippen LogP contribution in [-0.4, -0.2) is 32.6 Å². The summed E-state index contributed by atoms with van der Waals surface area (Å²) in [7, 11) is 3.29. The highest BCUT2D eigenvalue weighted by Crippen LogP contribution is 2.04. The predicted octanol–water partition coefficient (Wildman–Crippen LogP) is -0.0471. The van der Waals surface area contributed by atoms with Crippen molar-refractivity contribution >= 4 is 11.8 Å². The van der Waals surface area contributed by atoms with Gasteiger partial charge in [0.15, 0.2) is 0 Å². The molecule has 0 unspecified atom stereocenters. The Morgan fingerprint density at radius 3 is 2.31 bits per heavy atom. The monoisotopic (exact) mass is 221 g/mol. The number of rotatable bonds is 4. The summed E-state index contributed by atoms with van der Waals surface area (Å²) in [6.45, 7) is 0.392. The third kappa shape index (κ3) is 3.06. The van der Waals surface area contributed by atoms with Crippen LogP contribution in [0.3, 0.4) is 0 Å². The quantitative estimate of drug-likeness (QED) is 0.624. The van der Waals surface area contributed by atoms with Crippen LogP contribution in [0.15, 0.2) is 24.3 Å². The summed E-state index contributed by atoms with van der Waals surface area (Å²) >= 11 is 0. The first kappa shape index (κ1) is 12.2. The SMILES string of the molecule is CNCNC(=O)c1cccc(C(=O)NC)c1. The molecule has 5 heteroatoms. The predicted molar refractivity (Wildman–Crippen MR) is 61.2 cm³/mol. The topological polar surface area (TPSA) is 70.2 Å². The van der Waals surface area contributed by atoms with Gasteiger partial charge in [0.1, 0.15) is 0 Å². The van der Waals surface area contributed by atoms with Crippen molar-refractivity contribution in [1.82, 2.24) is 16.0 Å². The van der Waals surface area contributed by atoms with E-state index in [2.05, 4.69) is 16.0 Å². The van der Waals surface area contributed by atoms with E-state index in [0.717, 1.165) is 0 Å². The van der Waals surface area contributed by atoms with E-state index in [0.29, 0.717) is 17.8 Å². The Hall–Kier alpha value is -1.88. The zero-order chi connectivity index (χ0) is 12.0. The van der Waals surface area contributed by atoms with E-state index in [4.69, 9.17) is 0 Å². The maximum absolute atomic E-state index is 11.6. The summed E-state index contributed by atoms with van der Waals surface area (Å²) in [6, 6.07) is 6.56. The summed E-state index contributed by atoms with van der Waals surface area (Å²) in [4.78, 5) is 22.9. The molecule has 0 fully saturated rings. The van der Waals surface area contributed by atoms with Crippen molar-refractivity contribution in [3.63, 3.8) is 0 Å². The fourth-order valence-electron chi connectivity index (χ4n) is 1.22. The van der Waals surface area contributed by atoms with Crippen LogP contribution < -0.4 is 16.0 Å². The molecule has 0 spiro atoms. The van der Waals surface area contributed by atoms with Gasteiger partial charge in [-0.1, -0.05) is 6.07 Å². The van der Waals surface area contributed by atoms with Crippen molar-refractivity contribution in [2.24, 2.45) is 0 Å². The summed E-state index contributed by atoms with van der Waals surface area (Å²) < 4.78 is 0. The van der Waals surface area contributed by atoms with Crippen LogP contribution in [0.2, 0.25) is 0 Å². The smallest absolute Gasteiger partial charge is 0.252 e. The maximum atomic E-state index is 11.6. The lowest BCUT2D eigenvalue weighted by Crippen LogP contribution is -2.31. The van der Waals surface area contributed by atoms with Crippen LogP contribution in [-0.2, 0) is 0 Å². The normalized spacial score (nSPS) is 9.62. The van der Waals surface area contributed by atoms with Gasteiger partial charge in [0.25, 0.3) is 11.8 Å². The molecule has 0 aliphatic carbocycles. The highest BCUT2D eigenvalue weighted by Gasteiger charge is 2.08. The highest BCUT2D eigenvalue weighted by atomic mass is 16.2. The number of benzene rings is 1. The third-order valence-electron chi connectivity index (χ3n) is 2.04. The van der Waals surface area contributed by atoms with E-state index in [1.165, 1.54) is 0 Å². The summed E-state index contributed by atoms with van der Waals surface area (Å²) in [5.74, 6) is -0.414. The van der Waals surface area contributed by atoms with Gasteiger partial charge in [-0.15, -0.1) is 0 Å². The average molecular weight is 221 g/mol. The lowest BCUT2D eigenvalue weighted by Gasteiger charge is -2.05. The second-order valence-electron chi connectivity index (χ2n) is 3.20. The second kappa shape index (κ2) is 5.87. The minimum absolute atomic E-state index is 0.205. The fourth-order valence-corrected chi connectivity index (χ4v) is 1.22. The molecule has 0 aromatic heterocycles. The first-order valence-corrected chi connectivity index (χ1v) is 4.94. The molecule has 86 valence electrons. The first-order chi connectivity index (χ1) is 7.69. The molecule has 0 bridgehead atoms. The fraction of sp³-hybridized carbons (Fsp3) is 0.273. The zero-order valence-electron chi connectivity index (χ0n) is 9.33. The molecule has 2 amide bonds. The average Bonchev–Trinajstić information content (AvgIpc) is 2.35. The van der Waals surface area contributed by atoms with E-state index in [1.807, 2.05) is 0 Å². The van der Waals surface area contributed by atoms with Crippen LogP contribution in [0.4, 0.5) is 0 Å². The van der Waals surface area contributed by atoms with Crippen molar-refractivity contribution in [2.75, 3.05) is 20.8 Å². The molecule has 0 aliphatic rings. The molecule has 1 rings (SSSR count). The van der Waals surface area contributed by atoms with Crippen LogP contribution >= 0.6 is 0 Å². The van der Waals surface area contributed by atoms with Crippen molar-refractivity contribution in [1.29, 1.82) is 0 Å². The number of carbonyl (C=O) groups excluding carboxylic acids is 2. The summed E-state index contributed by atoms with van der Waals surface area (Å²) in [5.41, 5.74) is 0.941. The molecule has 0 radical (unpaired) electrons. The van der Waals surface area contributed by atoms with Gasteiger partial charge in [0.2, 0.25) is 0 Å². The van der Waals surface area contributed by atoms with E-state index >= 15 is 0 Å². The van der Waals surface area contributed by atoms with E-state index in [-0.39, 0.29) is 11.8 Å². The number of hydrogen-bond donors (Lipinski definition) is 3. The minimum Gasteiger partial charge on any atom is -0.355 e. The summed E-state index contributed by atoms with van der Waals surface area (Å²) in [5, 5.41) is 7.96. The molecule has 0 saturated heterocycles. The van der Waals surface area contributed by atoms with Crippen LogP contribution in [0.1, 0.15) is 20.7 Å². The number of carbonyl (C=O) groups is 2.